The van der Waals surface area contributed by atoms with Crippen LogP contribution in [-0.2, 0) is 11.3 Å². The average molecular weight is 269 g/mol. The molecule has 19 heavy (non-hydrogen) atoms. The number of halogens is 2. The van der Waals surface area contributed by atoms with Gasteiger partial charge in [-0.15, -0.1) is 0 Å². The first-order chi connectivity index (χ1) is 8.83. The van der Waals surface area contributed by atoms with E-state index >= 15 is 0 Å². The van der Waals surface area contributed by atoms with E-state index in [2.05, 4.69) is 5.32 Å². The number of hydrogen-bond acceptors (Lipinski definition) is 2. The molecule has 0 aliphatic heterocycles. The maximum absolute atomic E-state index is 12.9. The number of benzene rings is 1. The Labute approximate surface area is 113 Å². The lowest BCUT2D eigenvalue weighted by Crippen LogP contribution is -2.40. The molecule has 0 saturated heterocycles. The third-order valence-electron chi connectivity index (χ3n) is 3.21. The summed E-state index contributed by atoms with van der Waals surface area (Å²) in [6.07, 6.45) is -2.31. The lowest BCUT2D eigenvalue weighted by Gasteiger charge is -2.28. The highest BCUT2D eigenvalue weighted by atomic mass is 19.3. The van der Waals surface area contributed by atoms with Crippen LogP contribution in [0.1, 0.15) is 32.8 Å². The van der Waals surface area contributed by atoms with Crippen LogP contribution in [0, 0.1) is 5.41 Å². The van der Waals surface area contributed by atoms with E-state index in [-0.39, 0.29) is 12.2 Å². The highest BCUT2D eigenvalue weighted by molar-refractivity contribution is 5.81. The smallest absolute Gasteiger partial charge is 0.243 e. The zero-order chi connectivity index (χ0) is 14.5. The molecule has 1 aromatic rings. The van der Waals surface area contributed by atoms with E-state index in [1.807, 2.05) is 30.3 Å². The summed E-state index contributed by atoms with van der Waals surface area (Å²) >= 11 is 0. The number of hydrogen-bond donors (Lipinski definition) is 1. The Morgan fingerprint density at radius 2 is 1.84 bits per heavy atom. The van der Waals surface area contributed by atoms with Crippen molar-refractivity contribution in [3.63, 3.8) is 0 Å². The maximum atomic E-state index is 12.9. The zero-order valence-electron chi connectivity index (χ0n) is 11.6. The van der Waals surface area contributed by atoms with E-state index in [9.17, 15) is 13.6 Å². The summed E-state index contributed by atoms with van der Waals surface area (Å²) in [5, 5.41) is 3.06. The minimum absolute atomic E-state index is 0.107. The molecule has 0 aliphatic carbocycles. The Bertz CT molecular complexity index is 404. The molecule has 4 heteroatoms. The summed E-state index contributed by atoms with van der Waals surface area (Å²) in [6.45, 7) is 4.91. The van der Waals surface area contributed by atoms with Gasteiger partial charge in [0.05, 0.1) is 6.04 Å². The Kier molecular flexibility index (Phi) is 5.60. The number of ketones is 1. The molecule has 1 atom stereocenters. The molecule has 2 nitrogen and oxygen atoms in total. The molecule has 1 unspecified atom stereocenters. The molecule has 1 aromatic carbocycles. The lowest BCUT2D eigenvalue weighted by molar-refractivity contribution is -0.120. The van der Waals surface area contributed by atoms with Crippen molar-refractivity contribution in [3.8, 4) is 0 Å². The monoisotopic (exact) mass is 269 g/mol. The predicted molar refractivity (Wildman–Crippen MR) is 72.2 cm³/mol. The molecule has 0 aliphatic rings. The van der Waals surface area contributed by atoms with Crippen molar-refractivity contribution >= 4 is 5.78 Å². The minimum Gasteiger partial charge on any atom is -0.303 e. The Balaban J connectivity index is 2.62. The quantitative estimate of drug-likeness (QED) is 0.821. The predicted octanol–water partition coefficient (Wildman–Crippen LogP) is 3.42. The van der Waals surface area contributed by atoms with Crippen LogP contribution in [0.5, 0.6) is 0 Å². The largest absolute Gasteiger partial charge is 0.303 e. The van der Waals surface area contributed by atoms with E-state index in [1.165, 1.54) is 20.8 Å². The number of alkyl halides is 2. The van der Waals surface area contributed by atoms with E-state index in [1.54, 1.807) is 0 Å². The second-order valence-electron chi connectivity index (χ2n) is 5.52. The van der Waals surface area contributed by atoms with Gasteiger partial charge in [-0.2, -0.15) is 0 Å². The van der Waals surface area contributed by atoms with Gasteiger partial charge in [-0.1, -0.05) is 44.2 Å². The molecule has 0 spiro atoms. The van der Waals surface area contributed by atoms with Crippen LogP contribution >= 0.6 is 0 Å². The number of Topliss-reactive ketones (excluding diaryl/α,β-unsaturated/α-hetero) is 1. The van der Waals surface area contributed by atoms with Gasteiger partial charge in [0.1, 0.15) is 5.78 Å². The Morgan fingerprint density at radius 1 is 1.26 bits per heavy atom. The molecule has 0 saturated carbocycles. The van der Waals surface area contributed by atoms with Crippen molar-refractivity contribution in [1.82, 2.24) is 5.32 Å². The van der Waals surface area contributed by atoms with Gasteiger partial charge in [-0.25, -0.2) is 8.78 Å². The molecule has 0 aromatic heterocycles. The van der Waals surface area contributed by atoms with Gasteiger partial charge in [-0.3, -0.25) is 4.79 Å². The molecular formula is C15H21F2NO. The molecule has 1 rings (SSSR count). The van der Waals surface area contributed by atoms with Crippen molar-refractivity contribution in [3.05, 3.63) is 35.9 Å². The highest BCUT2D eigenvalue weighted by Gasteiger charge is 2.33. The molecule has 0 radical (unpaired) electrons. The number of carbonyl (C=O) groups is 1. The number of rotatable bonds is 7. The SMILES string of the molecule is CC(=O)C(CC(C)(C)C(F)F)NCc1ccccc1. The molecule has 106 valence electrons. The summed E-state index contributed by atoms with van der Waals surface area (Å²) in [5.74, 6) is -0.107. The van der Waals surface area contributed by atoms with Crippen LogP contribution in [0.3, 0.4) is 0 Å². The van der Waals surface area contributed by atoms with Crippen LogP contribution in [0.15, 0.2) is 30.3 Å². The van der Waals surface area contributed by atoms with Crippen LogP contribution < -0.4 is 5.32 Å². The van der Waals surface area contributed by atoms with Crippen LogP contribution in [0.4, 0.5) is 8.78 Å². The third kappa shape index (κ3) is 5.07. The first-order valence-electron chi connectivity index (χ1n) is 6.39. The summed E-state index contributed by atoms with van der Waals surface area (Å²) in [6, 6.07) is 9.05. The molecule has 0 heterocycles. The second kappa shape index (κ2) is 6.75. The van der Waals surface area contributed by atoms with Crippen LogP contribution in [-0.4, -0.2) is 18.3 Å². The maximum Gasteiger partial charge on any atom is 0.243 e. The van der Waals surface area contributed by atoms with Gasteiger partial charge in [0.15, 0.2) is 0 Å². The Morgan fingerprint density at radius 3 is 2.32 bits per heavy atom. The second-order valence-corrected chi connectivity index (χ2v) is 5.52. The number of nitrogens with one attached hydrogen (secondary N) is 1. The first-order valence-corrected chi connectivity index (χ1v) is 6.39. The van der Waals surface area contributed by atoms with E-state index < -0.39 is 17.9 Å². The summed E-state index contributed by atoms with van der Waals surface area (Å²) in [5.41, 5.74) is -0.136. The van der Waals surface area contributed by atoms with Crippen molar-refractivity contribution in [2.75, 3.05) is 0 Å². The van der Waals surface area contributed by atoms with E-state index in [0.717, 1.165) is 5.56 Å². The summed E-state index contributed by atoms with van der Waals surface area (Å²) in [7, 11) is 0. The van der Waals surface area contributed by atoms with Crippen molar-refractivity contribution in [1.29, 1.82) is 0 Å². The average Bonchev–Trinajstić information content (AvgIpc) is 2.35. The van der Waals surface area contributed by atoms with Gasteiger partial charge in [0.25, 0.3) is 0 Å². The van der Waals surface area contributed by atoms with Crippen LogP contribution in [0.2, 0.25) is 0 Å². The lowest BCUT2D eigenvalue weighted by atomic mass is 9.85. The fourth-order valence-electron chi connectivity index (χ4n) is 1.81. The van der Waals surface area contributed by atoms with Gasteiger partial charge in [0, 0.05) is 12.0 Å². The zero-order valence-corrected chi connectivity index (χ0v) is 11.6. The standard InChI is InChI=1S/C15H21F2NO/c1-11(19)13(9-15(2,3)14(16)17)18-10-12-7-5-4-6-8-12/h4-8,13-14,18H,9-10H2,1-3H3. The molecular weight excluding hydrogens is 248 g/mol. The van der Waals surface area contributed by atoms with Crippen LogP contribution in [0.25, 0.3) is 0 Å². The van der Waals surface area contributed by atoms with Crippen molar-refractivity contribution < 1.29 is 13.6 Å². The topological polar surface area (TPSA) is 29.1 Å². The molecule has 0 fully saturated rings. The van der Waals surface area contributed by atoms with E-state index in [4.69, 9.17) is 0 Å². The highest BCUT2D eigenvalue weighted by Crippen LogP contribution is 2.30. The van der Waals surface area contributed by atoms with Crippen molar-refractivity contribution in [2.45, 2.75) is 46.2 Å². The fourth-order valence-corrected chi connectivity index (χ4v) is 1.81. The van der Waals surface area contributed by atoms with Gasteiger partial charge < -0.3 is 5.32 Å². The van der Waals surface area contributed by atoms with Gasteiger partial charge in [0.2, 0.25) is 6.43 Å². The Hall–Kier alpha value is -1.29. The molecule has 1 N–H and O–H groups in total. The fraction of sp³-hybridized carbons (Fsp3) is 0.533. The van der Waals surface area contributed by atoms with Crippen molar-refractivity contribution in [2.24, 2.45) is 5.41 Å². The van der Waals surface area contributed by atoms with E-state index in [0.29, 0.717) is 6.54 Å². The molecule has 0 amide bonds. The summed E-state index contributed by atoms with van der Waals surface area (Å²) < 4.78 is 25.7. The van der Waals surface area contributed by atoms with Gasteiger partial charge in [-0.05, 0) is 18.9 Å². The minimum atomic E-state index is -2.44. The first kappa shape index (κ1) is 15.8. The summed E-state index contributed by atoms with van der Waals surface area (Å²) in [4.78, 5) is 11.6. The number of carbonyl (C=O) groups excluding carboxylic acids is 1. The molecule has 0 bridgehead atoms. The third-order valence-corrected chi connectivity index (χ3v) is 3.21. The van der Waals surface area contributed by atoms with Gasteiger partial charge >= 0.3 is 0 Å². The normalized spacial score (nSPS) is 13.6.